The van der Waals surface area contributed by atoms with E-state index in [0.717, 1.165) is 38.3 Å². The molecule has 0 aliphatic carbocycles. The smallest absolute Gasteiger partial charge is 0.248 e. The lowest BCUT2D eigenvalue weighted by molar-refractivity contribution is 0.1000. The second-order valence-corrected chi connectivity index (χ2v) is 8.62. The van der Waals surface area contributed by atoms with E-state index in [1.807, 2.05) is 42.5 Å². The zero-order valence-corrected chi connectivity index (χ0v) is 18.7. The predicted octanol–water partition coefficient (Wildman–Crippen LogP) is 5.10. The van der Waals surface area contributed by atoms with Crippen molar-refractivity contribution in [3.8, 4) is 5.75 Å². The van der Waals surface area contributed by atoms with Crippen molar-refractivity contribution in [2.75, 3.05) is 19.7 Å². The molecule has 3 atom stereocenters. The third-order valence-corrected chi connectivity index (χ3v) is 6.69. The van der Waals surface area contributed by atoms with E-state index in [-0.39, 0.29) is 5.91 Å². The maximum Gasteiger partial charge on any atom is 0.248 e. The first-order valence-electron chi connectivity index (χ1n) is 11.5. The number of amides is 1. The highest BCUT2D eigenvalue weighted by Crippen LogP contribution is 2.41. The molecular formula is C28H32N2O2. The highest BCUT2D eigenvalue weighted by molar-refractivity contribution is 5.92. The van der Waals surface area contributed by atoms with Gasteiger partial charge in [0.2, 0.25) is 5.91 Å². The van der Waals surface area contributed by atoms with E-state index in [4.69, 9.17) is 10.5 Å². The third-order valence-electron chi connectivity index (χ3n) is 6.69. The first-order chi connectivity index (χ1) is 15.6. The molecule has 4 rings (SSSR count). The lowest BCUT2D eigenvalue weighted by Gasteiger charge is -2.31. The minimum Gasteiger partial charge on any atom is -0.494 e. The van der Waals surface area contributed by atoms with Crippen molar-refractivity contribution in [1.82, 2.24) is 4.90 Å². The number of hydrogen-bond donors (Lipinski definition) is 1. The molecule has 0 aromatic heterocycles. The lowest BCUT2D eigenvalue weighted by atomic mass is 9.77. The molecule has 1 aliphatic heterocycles. The minimum atomic E-state index is -0.383. The van der Waals surface area contributed by atoms with E-state index in [9.17, 15) is 4.79 Å². The Bertz CT molecular complexity index is 989. The second-order valence-electron chi connectivity index (χ2n) is 8.62. The molecule has 2 N–H and O–H groups in total. The highest BCUT2D eigenvalue weighted by atomic mass is 16.5. The largest absolute Gasteiger partial charge is 0.494 e. The number of rotatable bonds is 9. The number of ether oxygens (including phenoxy) is 1. The number of benzene rings is 3. The fourth-order valence-corrected chi connectivity index (χ4v) is 4.97. The molecule has 1 amide bonds. The van der Waals surface area contributed by atoms with E-state index < -0.39 is 0 Å². The predicted molar refractivity (Wildman–Crippen MR) is 129 cm³/mol. The van der Waals surface area contributed by atoms with Gasteiger partial charge in [0.05, 0.1) is 6.61 Å². The average molecular weight is 429 g/mol. The summed E-state index contributed by atoms with van der Waals surface area (Å²) in [4.78, 5) is 14.1. The van der Waals surface area contributed by atoms with Crippen molar-refractivity contribution in [2.24, 2.45) is 11.7 Å². The topological polar surface area (TPSA) is 55.6 Å². The van der Waals surface area contributed by atoms with Gasteiger partial charge in [-0.15, -0.1) is 0 Å². The SMILES string of the molecule is C[C@H]1[C@H]([C@@H](c2ccccc2)c2ccc(C(N)=O)cc2)CCN1CCCOc1ccccc1. The first-order valence-corrected chi connectivity index (χ1v) is 11.5. The molecule has 0 saturated carbocycles. The summed E-state index contributed by atoms with van der Waals surface area (Å²) in [5.41, 5.74) is 8.58. The molecule has 0 bridgehead atoms. The van der Waals surface area contributed by atoms with Gasteiger partial charge in [0.25, 0.3) is 0 Å². The number of primary amides is 1. The van der Waals surface area contributed by atoms with Crippen LogP contribution >= 0.6 is 0 Å². The van der Waals surface area contributed by atoms with Gasteiger partial charge in [-0.2, -0.15) is 0 Å². The van der Waals surface area contributed by atoms with Crippen LogP contribution in [0.2, 0.25) is 0 Å². The van der Waals surface area contributed by atoms with Crippen molar-refractivity contribution in [3.63, 3.8) is 0 Å². The number of carbonyl (C=O) groups excluding carboxylic acids is 1. The Hall–Kier alpha value is -3.11. The van der Waals surface area contributed by atoms with Crippen LogP contribution < -0.4 is 10.5 Å². The quantitative estimate of drug-likeness (QED) is 0.483. The van der Waals surface area contributed by atoms with E-state index in [1.165, 1.54) is 11.1 Å². The highest BCUT2D eigenvalue weighted by Gasteiger charge is 2.37. The summed E-state index contributed by atoms with van der Waals surface area (Å²) in [6, 6.07) is 29.0. The molecule has 3 aromatic rings. The fourth-order valence-electron chi connectivity index (χ4n) is 4.97. The first kappa shape index (κ1) is 22.1. The maximum atomic E-state index is 11.5. The molecule has 4 nitrogen and oxygen atoms in total. The molecule has 1 saturated heterocycles. The Morgan fingerprint density at radius 1 is 0.969 bits per heavy atom. The number of carbonyl (C=O) groups is 1. The van der Waals surface area contributed by atoms with Crippen LogP contribution in [-0.2, 0) is 0 Å². The van der Waals surface area contributed by atoms with Crippen molar-refractivity contribution < 1.29 is 9.53 Å². The van der Waals surface area contributed by atoms with Crippen LogP contribution in [0.15, 0.2) is 84.9 Å². The van der Waals surface area contributed by atoms with Gasteiger partial charge in [0.1, 0.15) is 5.75 Å². The molecule has 0 unspecified atom stereocenters. The van der Waals surface area contributed by atoms with Crippen molar-refractivity contribution in [3.05, 3.63) is 102 Å². The van der Waals surface area contributed by atoms with Crippen molar-refractivity contribution >= 4 is 5.91 Å². The summed E-state index contributed by atoms with van der Waals surface area (Å²) in [6.45, 7) is 5.21. The van der Waals surface area contributed by atoms with E-state index in [1.54, 1.807) is 0 Å². The third kappa shape index (κ3) is 5.20. The lowest BCUT2D eigenvalue weighted by Crippen LogP contribution is -2.33. The monoisotopic (exact) mass is 428 g/mol. The molecule has 1 fully saturated rings. The summed E-state index contributed by atoms with van der Waals surface area (Å²) in [6.07, 6.45) is 2.16. The van der Waals surface area contributed by atoms with Crippen LogP contribution in [-0.4, -0.2) is 36.5 Å². The van der Waals surface area contributed by atoms with E-state index in [2.05, 4.69) is 54.3 Å². The Labute approximate surface area is 191 Å². The van der Waals surface area contributed by atoms with Crippen molar-refractivity contribution in [1.29, 1.82) is 0 Å². The van der Waals surface area contributed by atoms with Crippen LogP contribution in [0.4, 0.5) is 0 Å². The van der Waals surface area contributed by atoms with Crippen LogP contribution in [0.25, 0.3) is 0 Å². The molecule has 0 radical (unpaired) electrons. The maximum absolute atomic E-state index is 11.5. The minimum absolute atomic E-state index is 0.290. The van der Waals surface area contributed by atoms with Crippen molar-refractivity contribution in [2.45, 2.75) is 31.7 Å². The van der Waals surface area contributed by atoms with Crippen LogP contribution in [0.3, 0.4) is 0 Å². The van der Waals surface area contributed by atoms with Gasteiger partial charge in [-0.25, -0.2) is 0 Å². The molecule has 1 heterocycles. The summed E-state index contributed by atoms with van der Waals surface area (Å²) in [5.74, 6) is 1.35. The molecule has 32 heavy (non-hydrogen) atoms. The Morgan fingerprint density at radius 2 is 1.59 bits per heavy atom. The van der Waals surface area contributed by atoms with Gasteiger partial charge >= 0.3 is 0 Å². The van der Waals surface area contributed by atoms with Gasteiger partial charge in [-0.05, 0) is 67.6 Å². The molecule has 4 heteroatoms. The summed E-state index contributed by atoms with van der Waals surface area (Å²) < 4.78 is 5.88. The Balaban J connectivity index is 1.44. The standard InChI is InChI=1S/C28H32N2O2/c1-21-26(17-19-30(21)18-8-20-32-25-11-6-3-7-12-25)27(22-9-4-2-5-10-22)23-13-15-24(16-14-23)28(29)31/h2-7,9-16,21,26-27H,8,17-20H2,1H3,(H2,29,31)/t21-,26+,27-/m0/s1. The van der Waals surface area contributed by atoms with Crippen LogP contribution in [0.1, 0.15) is 47.2 Å². The molecule has 1 aliphatic rings. The van der Waals surface area contributed by atoms with Gasteiger partial charge in [0.15, 0.2) is 0 Å². The van der Waals surface area contributed by atoms with E-state index >= 15 is 0 Å². The zero-order chi connectivity index (χ0) is 22.3. The van der Waals surface area contributed by atoms with Crippen LogP contribution in [0.5, 0.6) is 5.75 Å². The number of likely N-dealkylation sites (tertiary alicyclic amines) is 1. The molecular weight excluding hydrogens is 396 g/mol. The number of para-hydroxylation sites is 1. The molecule has 0 spiro atoms. The zero-order valence-electron chi connectivity index (χ0n) is 18.7. The summed E-state index contributed by atoms with van der Waals surface area (Å²) in [7, 11) is 0. The molecule has 166 valence electrons. The summed E-state index contributed by atoms with van der Waals surface area (Å²) in [5, 5.41) is 0. The Morgan fingerprint density at radius 3 is 2.25 bits per heavy atom. The van der Waals surface area contributed by atoms with E-state index in [0.29, 0.717) is 23.4 Å². The normalized spacial score (nSPS) is 19.5. The molecule has 3 aromatic carbocycles. The number of hydrogen-bond acceptors (Lipinski definition) is 3. The Kier molecular flexibility index (Phi) is 7.23. The van der Waals surface area contributed by atoms with Crippen LogP contribution in [0, 0.1) is 5.92 Å². The summed E-state index contributed by atoms with van der Waals surface area (Å²) >= 11 is 0. The van der Waals surface area contributed by atoms with Gasteiger partial charge in [-0.1, -0.05) is 60.7 Å². The fraction of sp³-hybridized carbons (Fsp3) is 0.321. The van der Waals surface area contributed by atoms with Gasteiger partial charge in [0, 0.05) is 24.1 Å². The number of nitrogens with zero attached hydrogens (tertiary/aromatic N) is 1. The number of nitrogens with two attached hydrogens (primary N) is 1. The van der Waals surface area contributed by atoms with Gasteiger partial charge in [-0.3, -0.25) is 4.79 Å². The van der Waals surface area contributed by atoms with Gasteiger partial charge < -0.3 is 15.4 Å². The average Bonchev–Trinajstić information content (AvgIpc) is 3.18. The second kappa shape index (κ2) is 10.5.